The number of nitrogens with zero attached hydrogens (tertiary/aromatic N) is 2. The number of carbonyl (C=O) groups is 1. The largest absolute Gasteiger partial charge is 0.357 e. The van der Waals surface area contributed by atoms with Gasteiger partial charge in [-0.15, -0.1) is 35.3 Å². The summed E-state index contributed by atoms with van der Waals surface area (Å²) < 4.78 is 23.0. The second-order valence-electron chi connectivity index (χ2n) is 6.91. The van der Waals surface area contributed by atoms with Gasteiger partial charge in [0.2, 0.25) is 15.9 Å². The molecule has 0 saturated carbocycles. The van der Waals surface area contributed by atoms with E-state index in [4.69, 9.17) is 5.14 Å². The van der Waals surface area contributed by atoms with Gasteiger partial charge in [0.25, 0.3) is 0 Å². The van der Waals surface area contributed by atoms with Gasteiger partial charge in [-0.05, 0) is 31.9 Å². The Morgan fingerprint density at radius 1 is 1.48 bits per heavy atom. The van der Waals surface area contributed by atoms with Gasteiger partial charge in [0.15, 0.2) is 5.96 Å². The SMILES string of the molecule is CCNC(=NCc1ccc(S(N)(=O)=O)s1)N1CCCC2(CNC(=O)C2)C1.I. The Bertz CT molecular complexity index is 811. The highest BCUT2D eigenvalue weighted by Gasteiger charge is 2.42. The molecule has 11 heteroatoms. The second kappa shape index (κ2) is 9.05. The van der Waals surface area contributed by atoms with Crippen molar-refractivity contribution in [1.82, 2.24) is 15.5 Å². The lowest BCUT2D eigenvalue weighted by molar-refractivity contribution is -0.119. The first-order valence-corrected chi connectivity index (χ1v) is 11.1. The number of nitrogens with two attached hydrogens (primary N) is 1. The average Bonchev–Trinajstić information content (AvgIpc) is 3.19. The van der Waals surface area contributed by atoms with Crippen LogP contribution >= 0.6 is 35.3 Å². The van der Waals surface area contributed by atoms with E-state index in [0.717, 1.165) is 61.2 Å². The smallest absolute Gasteiger partial charge is 0.247 e. The number of guanidine groups is 1. The molecule has 1 spiro atoms. The quantitative estimate of drug-likeness (QED) is 0.308. The first kappa shape index (κ1) is 22.4. The molecule has 0 radical (unpaired) electrons. The maximum absolute atomic E-state index is 11.7. The van der Waals surface area contributed by atoms with Crippen LogP contribution < -0.4 is 15.8 Å². The summed E-state index contributed by atoms with van der Waals surface area (Å²) in [6.45, 7) is 5.57. The minimum Gasteiger partial charge on any atom is -0.357 e. The van der Waals surface area contributed by atoms with Gasteiger partial charge in [0.05, 0.1) is 6.54 Å². The zero-order chi connectivity index (χ0) is 18.8. The van der Waals surface area contributed by atoms with Crippen LogP contribution in [0, 0.1) is 5.41 Å². The highest BCUT2D eigenvalue weighted by atomic mass is 127. The van der Waals surface area contributed by atoms with E-state index in [0.29, 0.717) is 13.0 Å². The van der Waals surface area contributed by atoms with Gasteiger partial charge in [0.1, 0.15) is 4.21 Å². The summed E-state index contributed by atoms with van der Waals surface area (Å²) in [5.41, 5.74) is -0.00471. The van der Waals surface area contributed by atoms with E-state index < -0.39 is 10.0 Å². The predicted octanol–water partition coefficient (Wildman–Crippen LogP) is 1.08. The van der Waals surface area contributed by atoms with Crippen LogP contribution in [0.15, 0.2) is 21.3 Å². The second-order valence-corrected chi connectivity index (χ2v) is 9.87. The lowest BCUT2D eigenvalue weighted by Crippen LogP contribution is -2.51. The van der Waals surface area contributed by atoms with Crippen LogP contribution in [0.1, 0.15) is 31.1 Å². The number of aliphatic imine (C=N–C) groups is 1. The number of likely N-dealkylation sites (tertiary alicyclic amines) is 1. The van der Waals surface area contributed by atoms with Crippen LogP contribution in [0.4, 0.5) is 0 Å². The minimum atomic E-state index is -3.67. The maximum Gasteiger partial charge on any atom is 0.247 e. The Hall–Kier alpha value is -0.920. The third-order valence-corrected chi connectivity index (χ3v) is 7.30. The van der Waals surface area contributed by atoms with Gasteiger partial charge >= 0.3 is 0 Å². The van der Waals surface area contributed by atoms with Crippen LogP contribution in [0.2, 0.25) is 0 Å². The summed E-state index contributed by atoms with van der Waals surface area (Å²) in [6, 6.07) is 3.26. The molecule has 3 heterocycles. The molecule has 2 fully saturated rings. The lowest BCUT2D eigenvalue weighted by atomic mass is 9.79. The van der Waals surface area contributed by atoms with Gasteiger partial charge in [0, 0.05) is 42.9 Å². The molecule has 1 aromatic rings. The molecule has 0 aromatic carbocycles. The van der Waals surface area contributed by atoms with Crippen LogP contribution in [0.5, 0.6) is 0 Å². The molecule has 8 nitrogen and oxygen atoms in total. The van der Waals surface area contributed by atoms with E-state index in [2.05, 4.69) is 20.5 Å². The van der Waals surface area contributed by atoms with Crippen LogP contribution in [0.3, 0.4) is 0 Å². The number of thiophene rings is 1. The third-order valence-electron chi connectivity index (χ3n) is 4.79. The lowest BCUT2D eigenvalue weighted by Gasteiger charge is -2.40. The van der Waals surface area contributed by atoms with E-state index in [9.17, 15) is 13.2 Å². The van der Waals surface area contributed by atoms with E-state index in [1.165, 1.54) is 6.07 Å². The first-order chi connectivity index (χ1) is 12.3. The normalized spacial score (nSPS) is 23.3. The number of nitrogens with one attached hydrogen (secondary N) is 2. The Kier molecular flexibility index (Phi) is 7.50. The summed E-state index contributed by atoms with van der Waals surface area (Å²) in [4.78, 5) is 19.4. The molecule has 27 heavy (non-hydrogen) atoms. The van der Waals surface area contributed by atoms with Crippen molar-refractivity contribution in [2.45, 2.75) is 36.9 Å². The molecular formula is C16H26IN5O3S2. The summed E-state index contributed by atoms with van der Waals surface area (Å²) in [6.07, 6.45) is 2.64. The maximum atomic E-state index is 11.7. The topological polar surface area (TPSA) is 117 Å². The zero-order valence-corrected chi connectivity index (χ0v) is 19.2. The van der Waals surface area contributed by atoms with Crippen molar-refractivity contribution >= 4 is 57.2 Å². The van der Waals surface area contributed by atoms with Crippen molar-refractivity contribution in [3.8, 4) is 0 Å². The van der Waals surface area contributed by atoms with Gasteiger partial charge in [-0.1, -0.05) is 0 Å². The standard InChI is InChI=1S/C16H25N5O3S2.HI/c1-2-18-15(19-9-12-4-5-14(25-12)26(17,23)24)21-7-3-6-16(11-21)8-13(22)20-10-16;/h4-5H,2-3,6-11H2,1H3,(H,18,19)(H,20,22)(H2,17,23,24);1H. The summed E-state index contributed by atoms with van der Waals surface area (Å²) in [5, 5.41) is 11.4. The molecule has 1 unspecified atom stereocenters. The molecule has 2 aliphatic rings. The van der Waals surface area contributed by atoms with Crippen molar-refractivity contribution in [2.75, 3.05) is 26.2 Å². The number of primary sulfonamides is 1. The van der Waals surface area contributed by atoms with Gasteiger partial charge in [-0.3, -0.25) is 4.79 Å². The molecule has 0 bridgehead atoms. The fourth-order valence-electron chi connectivity index (χ4n) is 3.60. The molecule has 2 saturated heterocycles. The number of carbonyl (C=O) groups excluding carboxylic acids is 1. The van der Waals surface area contributed by atoms with Crippen molar-refractivity contribution in [1.29, 1.82) is 0 Å². The number of piperidine rings is 1. The summed E-state index contributed by atoms with van der Waals surface area (Å²) in [7, 11) is -3.67. The van der Waals surface area contributed by atoms with Crippen molar-refractivity contribution in [3.63, 3.8) is 0 Å². The Balaban J connectivity index is 0.00000261. The predicted molar refractivity (Wildman–Crippen MR) is 117 cm³/mol. The van der Waals surface area contributed by atoms with Crippen molar-refractivity contribution < 1.29 is 13.2 Å². The first-order valence-electron chi connectivity index (χ1n) is 8.73. The Morgan fingerprint density at radius 3 is 2.85 bits per heavy atom. The number of hydrogen-bond acceptors (Lipinski definition) is 5. The highest BCUT2D eigenvalue weighted by molar-refractivity contribution is 14.0. The van der Waals surface area contributed by atoms with Crippen molar-refractivity contribution in [3.05, 3.63) is 17.0 Å². The van der Waals surface area contributed by atoms with E-state index in [1.807, 2.05) is 6.92 Å². The van der Waals surface area contributed by atoms with Crippen molar-refractivity contribution in [2.24, 2.45) is 15.5 Å². The minimum absolute atomic E-state index is 0. The fraction of sp³-hybridized carbons (Fsp3) is 0.625. The number of halogens is 1. The van der Waals surface area contributed by atoms with Crippen LogP contribution in [-0.2, 0) is 21.4 Å². The van der Waals surface area contributed by atoms with Gasteiger partial charge in [-0.25, -0.2) is 18.5 Å². The fourth-order valence-corrected chi connectivity index (χ4v) is 5.31. The average molecular weight is 527 g/mol. The van der Waals surface area contributed by atoms with Gasteiger partial charge in [-0.2, -0.15) is 0 Å². The zero-order valence-electron chi connectivity index (χ0n) is 15.2. The van der Waals surface area contributed by atoms with Crippen LogP contribution in [-0.4, -0.2) is 51.4 Å². The van der Waals surface area contributed by atoms with Gasteiger partial charge < -0.3 is 15.5 Å². The molecule has 1 aromatic heterocycles. The summed E-state index contributed by atoms with van der Waals surface area (Å²) >= 11 is 1.14. The van der Waals surface area contributed by atoms with E-state index >= 15 is 0 Å². The molecule has 2 aliphatic heterocycles. The molecule has 3 rings (SSSR count). The molecule has 0 aliphatic carbocycles. The number of rotatable bonds is 4. The third kappa shape index (κ3) is 5.55. The molecule has 152 valence electrons. The Labute approximate surface area is 181 Å². The number of sulfonamides is 1. The van der Waals surface area contributed by atoms with E-state index in [-0.39, 0.29) is 39.5 Å². The molecular weight excluding hydrogens is 501 g/mol. The molecule has 1 amide bonds. The molecule has 1 atom stereocenters. The Morgan fingerprint density at radius 2 is 2.26 bits per heavy atom. The molecule has 4 N–H and O–H groups in total. The highest BCUT2D eigenvalue weighted by Crippen LogP contribution is 2.36. The van der Waals surface area contributed by atoms with Crippen LogP contribution in [0.25, 0.3) is 0 Å². The summed E-state index contributed by atoms with van der Waals surface area (Å²) in [5.74, 6) is 0.930. The number of amides is 1. The number of hydrogen-bond donors (Lipinski definition) is 3. The van der Waals surface area contributed by atoms with E-state index in [1.54, 1.807) is 6.07 Å². The monoisotopic (exact) mass is 527 g/mol.